The first-order valence-corrected chi connectivity index (χ1v) is 18.0. The third kappa shape index (κ3) is 8.00. The maximum atomic E-state index is 11.7. The van der Waals surface area contributed by atoms with E-state index in [1.165, 1.54) is 51.9 Å². The molecule has 0 amide bonds. The Hall–Kier alpha value is -2.75. The quantitative estimate of drug-likeness (QED) is 0.0982. The predicted octanol–water partition coefficient (Wildman–Crippen LogP) is 12.2. The average molecular weight is 829 g/mol. The molecule has 0 saturated heterocycles. The molecule has 0 saturated carbocycles. The van der Waals surface area contributed by atoms with Crippen molar-refractivity contribution in [1.82, 2.24) is 4.98 Å². The van der Waals surface area contributed by atoms with Gasteiger partial charge >= 0.3 is 0 Å². The Labute approximate surface area is 303 Å². The van der Waals surface area contributed by atoms with Gasteiger partial charge in [0.05, 0.1) is 5.76 Å². The second kappa shape index (κ2) is 16.3. The van der Waals surface area contributed by atoms with Gasteiger partial charge in [0, 0.05) is 66.2 Å². The molecule has 0 bridgehead atoms. The fraction of sp³-hybridized carbons (Fsp3) is 0.535. The smallest absolute Gasteiger partial charge is 0.162 e. The molecule has 4 aromatic rings. The number of allylic oxidation sites excluding steroid dienone is 2. The molecule has 0 aliphatic heterocycles. The van der Waals surface area contributed by atoms with Gasteiger partial charge in [-0.05, 0) is 91.4 Å². The van der Waals surface area contributed by atoms with Crippen LogP contribution in [-0.4, -0.2) is 15.9 Å². The minimum absolute atomic E-state index is 0. The third-order valence-electron chi connectivity index (χ3n) is 10.6. The van der Waals surface area contributed by atoms with Crippen LogP contribution in [0, 0.1) is 30.7 Å². The fourth-order valence-electron chi connectivity index (χ4n) is 7.62. The van der Waals surface area contributed by atoms with Gasteiger partial charge in [-0.15, -0.1) is 35.9 Å². The van der Waals surface area contributed by atoms with Gasteiger partial charge in [-0.2, -0.15) is 0 Å². The largest absolute Gasteiger partial charge is 0.512 e. The van der Waals surface area contributed by atoms with Crippen LogP contribution in [0.15, 0.2) is 52.8 Å². The predicted molar refractivity (Wildman–Crippen MR) is 198 cm³/mol. The van der Waals surface area contributed by atoms with Gasteiger partial charge in [-0.25, -0.2) is 0 Å². The summed E-state index contributed by atoms with van der Waals surface area (Å²) in [6, 6.07) is 13.5. The zero-order valence-corrected chi connectivity index (χ0v) is 33.7. The average Bonchev–Trinajstić information content (AvgIpc) is 3.42. The summed E-state index contributed by atoms with van der Waals surface area (Å²) in [5, 5.41) is 12.2. The Bertz CT molecular complexity index is 1720. The summed E-state index contributed by atoms with van der Waals surface area (Å²) in [5.41, 5.74) is 9.90. The number of fused-ring (bicyclic) bond motifs is 5. The maximum absolute atomic E-state index is 11.7. The second-order valence-electron chi connectivity index (χ2n) is 15.3. The summed E-state index contributed by atoms with van der Waals surface area (Å²) >= 11 is 0. The van der Waals surface area contributed by atoms with Gasteiger partial charge in [0.2, 0.25) is 0 Å². The van der Waals surface area contributed by atoms with Gasteiger partial charge in [-0.1, -0.05) is 69.2 Å². The number of furan rings is 1. The maximum Gasteiger partial charge on any atom is 0.162 e. The molecule has 48 heavy (non-hydrogen) atoms. The molecule has 263 valence electrons. The van der Waals surface area contributed by atoms with Crippen LogP contribution in [0.1, 0.15) is 130 Å². The summed E-state index contributed by atoms with van der Waals surface area (Å²) in [4.78, 5) is 16.4. The molecule has 0 spiro atoms. The molecule has 2 aromatic heterocycles. The van der Waals surface area contributed by atoms with E-state index in [0.29, 0.717) is 5.92 Å². The molecule has 4 nitrogen and oxygen atoms in total. The van der Waals surface area contributed by atoms with E-state index in [1.807, 2.05) is 52.1 Å². The first kappa shape index (κ1) is 39.7. The van der Waals surface area contributed by atoms with Crippen LogP contribution in [0.3, 0.4) is 0 Å². The molecule has 0 atom stereocenters. The SMILES string of the molecule is CCC(CC)C(=O)/C=C(\O)C(CC)CC.Cc1c(CC(C)C)c2c(c3oc4c(-c5[c-]cccc5)nccc4c13)C(C)(C)CCC2(C)C.[Ir]. The number of rotatable bonds is 10. The Kier molecular flexibility index (Phi) is 13.5. The summed E-state index contributed by atoms with van der Waals surface area (Å²) < 4.78 is 6.82. The van der Waals surface area contributed by atoms with Crippen LogP contribution in [-0.2, 0) is 42.2 Å². The van der Waals surface area contributed by atoms with Gasteiger partial charge in [-0.3, -0.25) is 4.79 Å². The molecule has 1 aliphatic rings. The number of aryl methyl sites for hydroxylation is 1. The van der Waals surface area contributed by atoms with Crippen LogP contribution in [0.2, 0.25) is 0 Å². The molecule has 5 rings (SSSR count). The van der Waals surface area contributed by atoms with Crippen molar-refractivity contribution in [2.45, 2.75) is 132 Å². The minimum atomic E-state index is 0. The zero-order chi connectivity index (χ0) is 34.7. The van der Waals surface area contributed by atoms with Crippen LogP contribution in [0.4, 0.5) is 0 Å². The monoisotopic (exact) mass is 829 g/mol. The Morgan fingerprint density at radius 3 is 2.08 bits per heavy atom. The first-order valence-electron chi connectivity index (χ1n) is 18.0. The Balaban J connectivity index is 0.000000334. The molecule has 2 heterocycles. The number of aromatic nitrogens is 1. The van der Waals surface area contributed by atoms with Crippen LogP contribution in [0.5, 0.6) is 0 Å². The molecule has 0 unspecified atom stereocenters. The van der Waals surface area contributed by atoms with Gasteiger partial charge < -0.3 is 14.5 Å². The molecule has 0 fully saturated rings. The van der Waals surface area contributed by atoms with E-state index >= 15 is 0 Å². The van der Waals surface area contributed by atoms with E-state index in [9.17, 15) is 9.90 Å². The Morgan fingerprint density at radius 2 is 1.54 bits per heavy atom. The van der Waals surface area contributed by atoms with Gasteiger partial charge in [0.15, 0.2) is 5.78 Å². The number of aliphatic hydroxyl groups is 1. The van der Waals surface area contributed by atoms with Crippen molar-refractivity contribution < 1.29 is 34.4 Å². The van der Waals surface area contributed by atoms with Crippen molar-refractivity contribution in [3.63, 3.8) is 0 Å². The number of ketones is 1. The molecule has 5 heteroatoms. The number of carbonyl (C=O) groups excluding carboxylic acids is 1. The van der Waals surface area contributed by atoms with E-state index in [4.69, 9.17) is 9.40 Å². The molecule has 2 aromatic carbocycles. The van der Waals surface area contributed by atoms with E-state index in [2.05, 4.69) is 66.7 Å². The summed E-state index contributed by atoms with van der Waals surface area (Å²) in [7, 11) is 0. The van der Waals surface area contributed by atoms with Crippen molar-refractivity contribution in [1.29, 1.82) is 0 Å². The molecular weight excluding hydrogens is 771 g/mol. The fourth-order valence-corrected chi connectivity index (χ4v) is 7.62. The van der Waals surface area contributed by atoms with Crippen LogP contribution >= 0.6 is 0 Å². The molecular formula is C43H58IrNO3-. The van der Waals surface area contributed by atoms with Crippen LogP contribution < -0.4 is 0 Å². The molecule has 1 radical (unpaired) electrons. The number of carbonyl (C=O) groups is 1. The Morgan fingerprint density at radius 1 is 0.938 bits per heavy atom. The number of nitrogens with zero attached hydrogens (tertiary/aromatic N) is 1. The summed E-state index contributed by atoms with van der Waals surface area (Å²) in [6.45, 7) is 24.7. The van der Waals surface area contributed by atoms with Crippen molar-refractivity contribution in [3.05, 3.63) is 76.7 Å². The van der Waals surface area contributed by atoms with Gasteiger partial charge in [0.25, 0.3) is 0 Å². The minimum Gasteiger partial charge on any atom is -0.512 e. The number of benzene rings is 2. The number of pyridine rings is 1. The number of hydrogen-bond donors (Lipinski definition) is 1. The third-order valence-corrected chi connectivity index (χ3v) is 10.6. The molecule has 1 aliphatic carbocycles. The van der Waals surface area contributed by atoms with Crippen molar-refractivity contribution in [2.75, 3.05) is 0 Å². The zero-order valence-electron chi connectivity index (χ0n) is 31.3. The first-order chi connectivity index (χ1) is 22.2. The standard InChI is InChI=1S/C30H34NO.C13H24O2.Ir/c1-18(2)17-22-19(3)23-21-13-16-31-26(20-11-9-8-10-12-20)27(21)32-28(23)25-24(22)29(4,5)14-15-30(25,6)7;1-5-10(6-2)12(14)9-13(15)11(7-3)8-4;/h8-11,13,16,18H,14-15,17H2,1-7H3;9-11,14H,5-8H2,1-4H3;/q-1;;/b;12-9-;. The summed E-state index contributed by atoms with van der Waals surface area (Å²) in [6.07, 6.45) is 10.3. The number of hydrogen-bond acceptors (Lipinski definition) is 4. The van der Waals surface area contributed by atoms with E-state index in [0.717, 1.165) is 54.5 Å². The van der Waals surface area contributed by atoms with E-state index in [1.54, 1.807) is 0 Å². The van der Waals surface area contributed by atoms with Crippen molar-refractivity contribution in [2.24, 2.45) is 17.8 Å². The second-order valence-corrected chi connectivity index (χ2v) is 15.3. The van der Waals surface area contributed by atoms with E-state index < -0.39 is 0 Å². The van der Waals surface area contributed by atoms with Gasteiger partial charge in [0.1, 0.15) is 11.2 Å². The topological polar surface area (TPSA) is 63.3 Å². The van der Waals surface area contributed by atoms with Crippen molar-refractivity contribution >= 4 is 27.7 Å². The molecule has 1 N–H and O–H groups in total. The van der Waals surface area contributed by atoms with Crippen molar-refractivity contribution in [3.8, 4) is 11.3 Å². The number of aliphatic hydroxyl groups excluding tert-OH is 1. The van der Waals surface area contributed by atoms with E-state index in [-0.39, 0.29) is 54.3 Å². The summed E-state index contributed by atoms with van der Waals surface area (Å²) in [5.74, 6) is 1.15. The van der Waals surface area contributed by atoms with Crippen LogP contribution in [0.25, 0.3) is 33.2 Å². The normalized spacial score (nSPS) is 15.4.